The van der Waals surface area contributed by atoms with Crippen LogP contribution >= 0.6 is 11.6 Å². The molecular formula is C11H15ClN2O. The van der Waals surface area contributed by atoms with Crippen molar-refractivity contribution < 1.29 is 4.79 Å². The van der Waals surface area contributed by atoms with Crippen molar-refractivity contribution in [3.05, 3.63) is 23.5 Å². The van der Waals surface area contributed by atoms with Gasteiger partial charge in [-0.1, -0.05) is 31.9 Å². The van der Waals surface area contributed by atoms with Crippen LogP contribution in [-0.2, 0) is 4.79 Å². The summed E-state index contributed by atoms with van der Waals surface area (Å²) in [5.41, 5.74) is 0.698. The van der Waals surface area contributed by atoms with Gasteiger partial charge in [-0.25, -0.2) is 4.98 Å². The Kier molecular flexibility index (Phi) is 4.56. The van der Waals surface area contributed by atoms with E-state index in [2.05, 4.69) is 24.1 Å². The van der Waals surface area contributed by atoms with Gasteiger partial charge in [-0.2, -0.15) is 0 Å². The molecule has 0 saturated heterocycles. The number of halogens is 1. The van der Waals surface area contributed by atoms with Gasteiger partial charge in [-0.15, -0.1) is 0 Å². The molecule has 0 bridgehead atoms. The van der Waals surface area contributed by atoms with E-state index in [0.29, 0.717) is 23.2 Å². The lowest BCUT2D eigenvalue weighted by Gasteiger charge is -2.08. The molecule has 3 nitrogen and oxygen atoms in total. The first-order chi connectivity index (χ1) is 7.11. The number of nitrogens with one attached hydrogen (secondary N) is 1. The first-order valence-electron chi connectivity index (χ1n) is 5.03. The second-order valence-corrected chi connectivity index (χ2v) is 4.02. The Morgan fingerprint density at radius 2 is 2.40 bits per heavy atom. The van der Waals surface area contributed by atoms with E-state index in [1.807, 2.05) is 0 Å². The summed E-state index contributed by atoms with van der Waals surface area (Å²) in [7, 11) is 0. The lowest BCUT2D eigenvalue weighted by molar-refractivity contribution is -0.117. The number of hydrogen-bond acceptors (Lipinski definition) is 2. The van der Waals surface area contributed by atoms with E-state index in [-0.39, 0.29) is 5.91 Å². The Hall–Kier alpha value is -1.09. The summed E-state index contributed by atoms with van der Waals surface area (Å²) < 4.78 is 0. The number of hydrogen-bond donors (Lipinski definition) is 1. The summed E-state index contributed by atoms with van der Waals surface area (Å²) in [6, 6.07) is 3.36. The zero-order valence-electron chi connectivity index (χ0n) is 8.96. The molecule has 0 fully saturated rings. The molecule has 15 heavy (non-hydrogen) atoms. The number of anilines is 1. The van der Waals surface area contributed by atoms with E-state index < -0.39 is 0 Å². The van der Waals surface area contributed by atoms with Gasteiger partial charge in [0.1, 0.15) is 5.15 Å². The quantitative estimate of drug-likeness (QED) is 0.802. The number of rotatable bonds is 4. The summed E-state index contributed by atoms with van der Waals surface area (Å²) in [4.78, 5) is 15.4. The molecular weight excluding hydrogens is 212 g/mol. The minimum atomic E-state index is 0.0200. The maximum Gasteiger partial charge on any atom is 0.224 e. The number of amides is 1. The number of pyridine rings is 1. The highest BCUT2D eigenvalue weighted by Crippen LogP contribution is 2.13. The fourth-order valence-electron chi connectivity index (χ4n) is 1.15. The standard InChI is InChI=1S/C11H15ClN2O/c1-3-8(2)6-11(15)14-9-4-5-13-10(12)7-9/h4-5,7-8H,3,6H2,1-2H3,(H,13,14,15). The molecule has 1 aromatic heterocycles. The Morgan fingerprint density at radius 1 is 1.67 bits per heavy atom. The van der Waals surface area contributed by atoms with Gasteiger partial charge < -0.3 is 5.32 Å². The van der Waals surface area contributed by atoms with Crippen LogP contribution in [0.2, 0.25) is 5.15 Å². The number of aromatic nitrogens is 1. The molecule has 1 atom stereocenters. The molecule has 1 unspecified atom stereocenters. The number of nitrogens with zero attached hydrogens (tertiary/aromatic N) is 1. The molecule has 0 aliphatic heterocycles. The third-order valence-corrected chi connectivity index (χ3v) is 2.45. The van der Waals surface area contributed by atoms with E-state index in [9.17, 15) is 4.79 Å². The SMILES string of the molecule is CCC(C)CC(=O)Nc1ccnc(Cl)c1. The van der Waals surface area contributed by atoms with Gasteiger partial charge in [0.2, 0.25) is 5.91 Å². The first-order valence-corrected chi connectivity index (χ1v) is 5.41. The lowest BCUT2D eigenvalue weighted by Crippen LogP contribution is -2.14. The zero-order chi connectivity index (χ0) is 11.3. The molecule has 82 valence electrons. The maximum atomic E-state index is 11.5. The summed E-state index contributed by atoms with van der Waals surface area (Å²) >= 11 is 5.70. The average molecular weight is 227 g/mol. The van der Waals surface area contributed by atoms with Crippen LogP contribution in [-0.4, -0.2) is 10.9 Å². The molecule has 1 rings (SSSR count). The Morgan fingerprint density at radius 3 is 3.00 bits per heavy atom. The van der Waals surface area contributed by atoms with Gasteiger partial charge in [-0.05, 0) is 18.1 Å². The Balaban J connectivity index is 2.51. The lowest BCUT2D eigenvalue weighted by atomic mass is 10.1. The monoisotopic (exact) mass is 226 g/mol. The molecule has 1 N–H and O–H groups in total. The van der Waals surface area contributed by atoms with E-state index in [4.69, 9.17) is 11.6 Å². The average Bonchev–Trinajstić information content (AvgIpc) is 2.17. The van der Waals surface area contributed by atoms with Crippen LogP contribution in [0.25, 0.3) is 0 Å². The van der Waals surface area contributed by atoms with Gasteiger partial charge in [-0.3, -0.25) is 4.79 Å². The van der Waals surface area contributed by atoms with Crippen molar-refractivity contribution in [3.63, 3.8) is 0 Å². The Labute approximate surface area is 94.9 Å². The van der Waals surface area contributed by atoms with Crippen LogP contribution in [0, 0.1) is 5.92 Å². The minimum Gasteiger partial charge on any atom is -0.326 e. The highest BCUT2D eigenvalue weighted by atomic mass is 35.5. The van der Waals surface area contributed by atoms with Crippen molar-refractivity contribution in [2.75, 3.05) is 5.32 Å². The molecule has 4 heteroatoms. The normalized spacial score (nSPS) is 12.2. The first kappa shape index (κ1) is 12.0. The minimum absolute atomic E-state index is 0.0200. The molecule has 0 spiro atoms. The fraction of sp³-hybridized carbons (Fsp3) is 0.455. The summed E-state index contributed by atoms with van der Waals surface area (Å²) in [6.45, 7) is 4.13. The van der Waals surface area contributed by atoms with Crippen molar-refractivity contribution in [1.29, 1.82) is 0 Å². The van der Waals surface area contributed by atoms with Crippen molar-refractivity contribution >= 4 is 23.2 Å². The molecule has 0 aromatic carbocycles. The molecule has 1 aromatic rings. The summed E-state index contributed by atoms with van der Waals surface area (Å²) in [6.07, 6.45) is 3.11. The van der Waals surface area contributed by atoms with E-state index in [1.165, 1.54) is 0 Å². The predicted octanol–water partition coefficient (Wildman–Crippen LogP) is 3.11. The van der Waals surface area contributed by atoms with Gasteiger partial charge in [0.05, 0.1) is 0 Å². The second kappa shape index (κ2) is 5.71. The van der Waals surface area contributed by atoms with E-state index >= 15 is 0 Å². The van der Waals surface area contributed by atoms with Crippen LogP contribution in [0.4, 0.5) is 5.69 Å². The van der Waals surface area contributed by atoms with Crippen LogP contribution in [0.1, 0.15) is 26.7 Å². The number of carbonyl (C=O) groups is 1. The van der Waals surface area contributed by atoms with Crippen molar-refractivity contribution in [2.24, 2.45) is 5.92 Å². The maximum absolute atomic E-state index is 11.5. The predicted molar refractivity (Wildman–Crippen MR) is 61.9 cm³/mol. The molecule has 0 aliphatic rings. The van der Waals surface area contributed by atoms with Crippen LogP contribution in [0.5, 0.6) is 0 Å². The van der Waals surface area contributed by atoms with Crippen molar-refractivity contribution in [2.45, 2.75) is 26.7 Å². The smallest absolute Gasteiger partial charge is 0.224 e. The van der Waals surface area contributed by atoms with Gasteiger partial charge >= 0.3 is 0 Å². The van der Waals surface area contributed by atoms with Gasteiger partial charge in [0.15, 0.2) is 0 Å². The third-order valence-electron chi connectivity index (χ3n) is 2.24. The fourth-order valence-corrected chi connectivity index (χ4v) is 1.33. The molecule has 0 aliphatic carbocycles. The molecule has 0 saturated carbocycles. The summed E-state index contributed by atoms with van der Waals surface area (Å²) in [5, 5.41) is 3.17. The van der Waals surface area contributed by atoms with Gasteiger partial charge in [0.25, 0.3) is 0 Å². The topological polar surface area (TPSA) is 42.0 Å². The molecule has 0 radical (unpaired) electrons. The molecule has 1 heterocycles. The third kappa shape index (κ3) is 4.30. The number of carbonyl (C=O) groups excluding carboxylic acids is 1. The highest BCUT2D eigenvalue weighted by molar-refractivity contribution is 6.29. The Bertz CT molecular complexity index is 341. The second-order valence-electron chi connectivity index (χ2n) is 3.63. The largest absolute Gasteiger partial charge is 0.326 e. The molecule has 1 amide bonds. The van der Waals surface area contributed by atoms with Crippen LogP contribution < -0.4 is 5.32 Å². The van der Waals surface area contributed by atoms with Crippen molar-refractivity contribution in [3.8, 4) is 0 Å². The zero-order valence-corrected chi connectivity index (χ0v) is 9.71. The van der Waals surface area contributed by atoms with E-state index in [0.717, 1.165) is 6.42 Å². The van der Waals surface area contributed by atoms with Gasteiger partial charge in [0, 0.05) is 18.3 Å². The van der Waals surface area contributed by atoms with Crippen LogP contribution in [0.15, 0.2) is 18.3 Å². The highest BCUT2D eigenvalue weighted by Gasteiger charge is 2.07. The summed E-state index contributed by atoms with van der Waals surface area (Å²) in [5.74, 6) is 0.425. The van der Waals surface area contributed by atoms with E-state index in [1.54, 1.807) is 18.3 Å². The van der Waals surface area contributed by atoms with Crippen molar-refractivity contribution in [1.82, 2.24) is 4.98 Å². The van der Waals surface area contributed by atoms with Crippen LogP contribution in [0.3, 0.4) is 0 Å².